The van der Waals surface area contributed by atoms with Crippen LogP contribution in [0.3, 0.4) is 0 Å². The summed E-state index contributed by atoms with van der Waals surface area (Å²) in [5.74, 6) is -1.25. The lowest BCUT2D eigenvalue weighted by atomic mass is 10.2. The van der Waals surface area contributed by atoms with E-state index in [9.17, 15) is 18.0 Å². The molecule has 1 N–H and O–H groups in total. The lowest BCUT2D eigenvalue weighted by Gasteiger charge is -2.25. The summed E-state index contributed by atoms with van der Waals surface area (Å²) >= 11 is 0. The summed E-state index contributed by atoms with van der Waals surface area (Å²) < 4.78 is 34.9. The molecule has 0 aliphatic carbocycles. The third kappa shape index (κ3) is 5.78. The molecular formula is C26H24N4O5S. The SMILES string of the molecule is Cn1cncc1C(=O)OCC(=O)Nc1cccc(N(Cc2ccccc2)S(=O)(=O)c2ccccc2)c1. The standard InChI is InChI=1S/C26H24N4O5S/c1-29-19-27-16-24(29)26(32)35-18-25(31)28-21-11-8-12-22(15-21)30(17-20-9-4-2-5-10-20)36(33,34)23-13-6-3-7-14-23/h2-16,19H,17-18H2,1H3,(H,28,31). The summed E-state index contributed by atoms with van der Waals surface area (Å²) in [4.78, 5) is 28.5. The van der Waals surface area contributed by atoms with Crippen LogP contribution in [-0.4, -0.2) is 36.5 Å². The first-order valence-electron chi connectivity index (χ1n) is 11.0. The highest BCUT2D eigenvalue weighted by molar-refractivity contribution is 7.92. The van der Waals surface area contributed by atoms with Crippen LogP contribution in [0.15, 0.2) is 102 Å². The molecule has 0 radical (unpaired) electrons. The summed E-state index contributed by atoms with van der Waals surface area (Å²) in [6.45, 7) is -0.415. The van der Waals surface area contributed by atoms with E-state index in [4.69, 9.17) is 4.74 Å². The molecule has 36 heavy (non-hydrogen) atoms. The van der Waals surface area contributed by atoms with Crippen molar-refractivity contribution in [2.45, 2.75) is 11.4 Å². The van der Waals surface area contributed by atoms with Crippen LogP contribution in [-0.2, 0) is 33.1 Å². The van der Waals surface area contributed by atoms with Crippen LogP contribution in [0.4, 0.5) is 11.4 Å². The number of esters is 1. The molecule has 0 unspecified atom stereocenters. The van der Waals surface area contributed by atoms with Crippen LogP contribution >= 0.6 is 0 Å². The fraction of sp³-hybridized carbons (Fsp3) is 0.115. The van der Waals surface area contributed by atoms with E-state index in [2.05, 4.69) is 10.3 Å². The number of amides is 1. The zero-order valence-corrected chi connectivity index (χ0v) is 20.3. The minimum Gasteiger partial charge on any atom is -0.451 e. The highest BCUT2D eigenvalue weighted by atomic mass is 32.2. The molecule has 0 aliphatic heterocycles. The molecule has 1 heterocycles. The smallest absolute Gasteiger partial charge is 0.357 e. The van der Waals surface area contributed by atoms with Gasteiger partial charge in [-0.25, -0.2) is 18.2 Å². The van der Waals surface area contributed by atoms with Crippen molar-refractivity contribution < 1.29 is 22.7 Å². The first kappa shape index (κ1) is 24.7. The van der Waals surface area contributed by atoms with Crippen molar-refractivity contribution in [1.82, 2.24) is 9.55 Å². The number of anilines is 2. The Bertz CT molecular complexity index is 1450. The Morgan fingerprint density at radius 1 is 0.972 bits per heavy atom. The van der Waals surface area contributed by atoms with Gasteiger partial charge in [0.15, 0.2) is 6.61 Å². The van der Waals surface area contributed by atoms with Crippen molar-refractivity contribution in [3.63, 3.8) is 0 Å². The zero-order valence-electron chi connectivity index (χ0n) is 19.4. The van der Waals surface area contributed by atoms with E-state index in [0.29, 0.717) is 11.4 Å². The lowest BCUT2D eigenvalue weighted by Crippen LogP contribution is -2.30. The van der Waals surface area contributed by atoms with Crippen LogP contribution in [0.2, 0.25) is 0 Å². The summed E-state index contributed by atoms with van der Waals surface area (Å²) in [5.41, 5.74) is 1.74. The van der Waals surface area contributed by atoms with Crippen LogP contribution < -0.4 is 9.62 Å². The zero-order chi connectivity index (χ0) is 25.5. The fourth-order valence-electron chi connectivity index (χ4n) is 3.48. The Hall–Kier alpha value is -4.44. The number of aromatic nitrogens is 2. The van der Waals surface area contributed by atoms with Gasteiger partial charge < -0.3 is 14.6 Å². The molecule has 0 saturated heterocycles. The van der Waals surface area contributed by atoms with Gasteiger partial charge in [-0.2, -0.15) is 0 Å². The van der Waals surface area contributed by atoms with Gasteiger partial charge in [0.2, 0.25) is 0 Å². The minimum atomic E-state index is -3.91. The summed E-state index contributed by atoms with van der Waals surface area (Å²) in [6, 6.07) is 23.9. The molecule has 4 rings (SSSR count). The van der Waals surface area contributed by atoms with Crippen LogP contribution in [0.5, 0.6) is 0 Å². The Labute approximate surface area is 209 Å². The Morgan fingerprint density at radius 2 is 1.67 bits per heavy atom. The van der Waals surface area contributed by atoms with Gasteiger partial charge in [-0.05, 0) is 35.9 Å². The number of rotatable bonds is 9. The Morgan fingerprint density at radius 3 is 2.33 bits per heavy atom. The molecule has 1 aromatic heterocycles. The second-order valence-corrected chi connectivity index (χ2v) is 9.74. The summed E-state index contributed by atoms with van der Waals surface area (Å²) in [6.07, 6.45) is 2.80. The third-order valence-corrected chi connectivity index (χ3v) is 7.07. The van der Waals surface area contributed by atoms with Crippen molar-refractivity contribution in [3.05, 3.63) is 109 Å². The monoisotopic (exact) mass is 504 g/mol. The van der Waals surface area contributed by atoms with Gasteiger partial charge in [0.1, 0.15) is 5.69 Å². The minimum absolute atomic E-state index is 0.0950. The molecule has 0 aliphatic rings. The van der Waals surface area contributed by atoms with E-state index in [1.165, 1.54) is 33.5 Å². The fourth-order valence-corrected chi connectivity index (χ4v) is 4.94. The van der Waals surface area contributed by atoms with Crippen LogP contribution in [0.25, 0.3) is 0 Å². The average molecular weight is 505 g/mol. The van der Waals surface area contributed by atoms with Crippen LogP contribution in [0.1, 0.15) is 16.1 Å². The maximum Gasteiger partial charge on any atom is 0.357 e. The normalized spacial score (nSPS) is 11.0. The van der Waals surface area contributed by atoms with Gasteiger partial charge in [-0.1, -0.05) is 54.6 Å². The quantitative estimate of drug-likeness (QED) is 0.349. The number of carbonyl (C=O) groups excluding carboxylic acids is 2. The van der Waals surface area contributed by atoms with Crippen molar-refractivity contribution in [1.29, 1.82) is 0 Å². The van der Waals surface area contributed by atoms with Crippen molar-refractivity contribution >= 4 is 33.3 Å². The average Bonchev–Trinajstić information content (AvgIpc) is 3.33. The molecule has 10 heteroatoms. The van der Waals surface area contributed by atoms with E-state index in [0.717, 1.165) is 5.56 Å². The number of sulfonamides is 1. The van der Waals surface area contributed by atoms with E-state index in [1.807, 2.05) is 30.3 Å². The van der Waals surface area contributed by atoms with Crippen molar-refractivity contribution in [3.8, 4) is 0 Å². The molecule has 9 nitrogen and oxygen atoms in total. The number of aryl methyl sites for hydroxylation is 1. The first-order chi connectivity index (χ1) is 17.3. The molecule has 0 atom stereocenters. The molecule has 1 amide bonds. The number of benzene rings is 3. The number of carbonyl (C=O) groups is 2. The topological polar surface area (TPSA) is 111 Å². The van der Waals surface area contributed by atoms with Gasteiger partial charge in [0, 0.05) is 12.7 Å². The number of nitrogens with zero attached hydrogens (tertiary/aromatic N) is 3. The molecular weight excluding hydrogens is 480 g/mol. The number of hydrogen-bond acceptors (Lipinski definition) is 6. The van der Waals surface area contributed by atoms with Gasteiger partial charge in [0.25, 0.3) is 15.9 Å². The van der Waals surface area contributed by atoms with Gasteiger partial charge in [-0.3, -0.25) is 9.10 Å². The molecule has 3 aromatic carbocycles. The van der Waals surface area contributed by atoms with Gasteiger partial charge >= 0.3 is 5.97 Å². The highest BCUT2D eigenvalue weighted by Crippen LogP contribution is 2.28. The lowest BCUT2D eigenvalue weighted by molar-refractivity contribution is -0.119. The van der Waals surface area contributed by atoms with Crippen molar-refractivity contribution in [2.75, 3.05) is 16.2 Å². The summed E-state index contributed by atoms with van der Waals surface area (Å²) in [5, 5.41) is 2.65. The Kier molecular flexibility index (Phi) is 7.45. The second-order valence-electron chi connectivity index (χ2n) is 7.87. The highest BCUT2D eigenvalue weighted by Gasteiger charge is 2.25. The number of hydrogen-bond donors (Lipinski definition) is 1. The van der Waals surface area contributed by atoms with Gasteiger partial charge in [0.05, 0.1) is 29.7 Å². The van der Waals surface area contributed by atoms with E-state index >= 15 is 0 Å². The largest absolute Gasteiger partial charge is 0.451 e. The predicted molar refractivity (Wildman–Crippen MR) is 135 cm³/mol. The number of imidazole rings is 1. The molecule has 0 saturated carbocycles. The molecule has 0 fully saturated rings. The number of ether oxygens (including phenoxy) is 1. The molecule has 0 bridgehead atoms. The second kappa shape index (κ2) is 10.9. The van der Waals surface area contributed by atoms with Gasteiger partial charge in [-0.15, -0.1) is 0 Å². The molecule has 184 valence electrons. The summed E-state index contributed by atoms with van der Waals surface area (Å²) in [7, 11) is -2.27. The van der Waals surface area contributed by atoms with E-state index in [-0.39, 0.29) is 17.1 Å². The van der Waals surface area contributed by atoms with Crippen LogP contribution in [0, 0.1) is 0 Å². The maximum atomic E-state index is 13.6. The van der Waals surface area contributed by atoms with Crippen molar-refractivity contribution in [2.24, 2.45) is 7.05 Å². The Balaban J connectivity index is 1.54. The van der Waals surface area contributed by atoms with E-state index < -0.39 is 28.5 Å². The first-order valence-corrected chi connectivity index (χ1v) is 12.4. The predicted octanol–water partition coefficient (Wildman–Crippen LogP) is 3.61. The third-order valence-electron chi connectivity index (χ3n) is 5.28. The molecule has 4 aromatic rings. The molecule has 0 spiro atoms. The number of nitrogens with one attached hydrogen (secondary N) is 1. The maximum absolute atomic E-state index is 13.6. The van der Waals surface area contributed by atoms with E-state index in [1.54, 1.807) is 49.5 Å².